The van der Waals surface area contributed by atoms with E-state index in [1.165, 1.54) is 6.92 Å². The predicted octanol–water partition coefficient (Wildman–Crippen LogP) is 0.440. The first-order chi connectivity index (χ1) is 5.42. The summed E-state index contributed by atoms with van der Waals surface area (Å²) in [5.41, 5.74) is 0. The van der Waals surface area contributed by atoms with Crippen LogP contribution in [0.3, 0.4) is 0 Å². The average Bonchev–Trinajstić information content (AvgIpc) is 1.83. The summed E-state index contributed by atoms with van der Waals surface area (Å²) < 4.78 is 29.0. The SMILES string of the molecule is CC(=O)OCCCOS(=O)(=O)Cl. The van der Waals surface area contributed by atoms with Crippen LogP contribution in [-0.4, -0.2) is 27.6 Å². The lowest BCUT2D eigenvalue weighted by Gasteiger charge is -2.00. The van der Waals surface area contributed by atoms with Gasteiger partial charge in [0, 0.05) is 24.0 Å². The fourth-order valence-corrected chi connectivity index (χ4v) is 0.939. The molecule has 0 fully saturated rings. The molecule has 0 bridgehead atoms. The van der Waals surface area contributed by atoms with E-state index in [0.717, 1.165) is 0 Å². The quantitative estimate of drug-likeness (QED) is 0.379. The molecule has 0 radical (unpaired) electrons. The molecule has 72 valence electrons. The molecule has 0 saturated heterocycles. The van der Waals surface area contributed by atoms with Crippen molar-refractivity contribution in [3.63, 3.8) is 0 Å². The first-order valence-electron chi connectivity index (χ1n) is 3.14. The summed E-state index contributed by atoms with van der Waals surface area (Å²) >= 11 is 0. The number of rotatable bonds is 5. The van der Waals surface area contributed by atoms with Crippen LogP contribution in [0.5, 0.6) is 0 Å². The molecular formula is C5H9ClO5S. The van der Waals surface area contributed by atoms with Gasteiger partial charge in [0.25, 0.3) is 0 Å². The summed E-state index contributed by atoms with van der Waals surface area (Å²) in [6.45, 7) is 1.31. The third kappa shape index (κ3) is 9.67. The maximum Gasteiger partial charge on any atom is 0.355 e. The van der Waals surface area contributed by atoms with Crippen molar-refractivity contribution in [2.45, 2.75) is 13.3 Å². The Hall–Kier alpha value is -0.330. The van der Waals surface area contributed by atoms with Crippen molar-refractivity contribution in [2.75, 3.05) is 13.2 Å². The topological polar surface area (TPSA) is 69.7 Å². The van der Waals surface area contributed by atoms with Crippen LogP contribution < -0.4 is 0 Å². The maximum atomic E-state index is 10.2. The molecule has 0 saturated carbocycles. The molecule has 0 spiro atoms. The molecule has 0 aromatic heterocycles. The summed E-state index contributed by atoms with van der Waals surface area (Å²) in [4.78, 5) is 10.2. The summed E-state index contributed by atoms with van der Waals surface area (Å²) in [7, 11) is 0.824. The number of ether oxygens (including phenoxy) is 1. The summed E-state index contributed by atoms with van der Waals surface area (Å²) in [5.74, 6) is -0.413. The van der Waals surface area contributed by atoms with Gasteiger partial charge in [0.05, 0.1) is 13.2 Å². The van der Waals surface area contributed by atoms with Gasteiger partial charge in [-0.1, -0.05) is 0 Å². The molecule has 0 aromatic carbocycles. The molecule has 0 aliphatic carbocycles. The second-order valence-electron chi connectivity index (χ2n) is 1.91. The van der Waals surface area contributed by atoms with E-state index < -0.39 is 15.3 Å². The molecule has 0 rings (SSSR count). The van der Waals surface area contributed by atoms with Gasteiger partial charge < -0.3 is 4.74 Å². The molecule has 0 atom stereocenters. The van der Waals surface area contributed by atoms with Crippen molar-refractivity contribution in [2.24, 2.45) is 0 Å². The van der Waals surface area contributed by atoms with Crippen LogP contribution >= 0.6 is 10.7 Å². The monoisotopic (exact) mass is 216 g/mol. The number of hydrogen-bond donors (Lipinski definition) is 0. The third-order valence-corrected chi connectivity index (χ3v) is 1.53. The normalized spacial score (nSPS) is 11.2. The van der Waals surface area contributed by atoms with E-state index in [4.69, 9.17) is 10.7 Å². The molecule has 0 heterocycles. The maximum absolute atomic E-state index is 10.2. The Bertz CT molecular complexity index is 234. The molecule has 0 amide bonds. The zero-order valence-electron chi connectivity index (χ0n) is 6.45. The number of esters is 1. The van der Waals surface area contributed by atoms with Crippen molar-refractivity contribution in [1.29, 1.82) is 0 Å². The second kappa shape index (κ2) is 5.34. The van der Waals surface area contributed by atoms with Crippen LogP contribution in [0.15, 0.2) is 0 Å². The van der Waals surface area contributed by atoms with Gasteiger partial charge in [0.15, 0.2) is 0 Å². The largest absolute Gasteiger partial charge is 0.466 e. The highest BCUT2D eigenvalue weighted by atomic mass is 35.7. The highest BCUT2D eigenvalue weighted by Crippen LogP contribution is 1.99. The minimum atomic E-state index is -3.89. The minimum Gasteiger partial charge on any atom is -0.466 e. The molecule has 0 aliphatic heterocycles. The molecule has 0 aromatic rings. The third-order valence-electron chi connectivity index (χ3n) is 0.818. The second-order valence-corrected chi connectivity index (χ2v) is 4.06. The highest BCUT2D eigenvalue weighted by molar-refractivity contribution is 8.09. The Kier molecular flexibility index (Phi) is 5.19. The fourth-order valence-electron chi connectivity index (χ4n) is 0.433. The van der Waals surface area contributed by atoms with E-state index >= 15 is 0 Å². The number of carbonyl (C=O) groups excluding carboxylic acids is 1. The number of halogens is 1. The van der Waals surface area contributed by atoms with Crippen molar-refractivity contribution in [1.82, 2.24) is 0 Å². The molecule has 7 heteroatoms. The van der Waals surface area contributed by atoms with Gasteiger partial charge in [0.2, 0.25) is 0 Å². The molecule has 0 aliphatic rings. The predicted molar refractivity (Wildman–Crippen MR) is 42.0 cm³/mol. The summed E-state index contributed by atoms with van der Waals surface area (Å²) in [6.07, 6.45) is 0.297. The Balaban J connectivity index is 3.29. The van der Waals surface area contributed by atoms with Gasteiger partial charge in [-0.3, -0.25) is 8.98 Å². The van der Waals surface area contributed by atoms with Crippen molar-refractivity contribution in [3.8, 4) is 0 Å². The Morgan fingerprint density at radius 3 is 2.42 bits per heavy atom. The first-order valence-corrected chi connectivity index (χ1v) is 5.37. The molecule has 5 nitrogen and oxygen atoms in total. The zero-order valence-corrected chi connectivity index (χ0v) is 8.02. The Labute approximate surface area is 75.2 Å². The van der Waals surface area contributed by atoms with Gasteiger partial charge in [-0.2, -0.15) is 8.42 Å². The van der Waals surface area contributed by atoms with Gasteiger partial charge in [-0.05, 0) is 0 Å². The Morgan fingerprint density at radius 2 is 2.00 bits per heavy atom. The number of hydrogen-bond acceptors (Lipinski definition) is 5. The molecular weight excluding hydrogens is 208 g/mol. The summed E-state index contributed by atoms with van der Waals surface area (Å²) in [5, 5.41) is 0. The van der Waals surface area contributed by atoms with E-state index in [1.54, 1.807) is 0 Å². The van der Waals surface area contributed by atoms with Gasteiger partial charge in [-0.25, -0.2) is 0 Å². The van der Waals surface area contributed by atoms with Crippen LogP contribution in [0, 0.1) is 0 Å². The lowest BCUT2D eigenvalue weighted by molar-refractivity contribution is -0.141. The van der Waals surface area contributed by atoms with Crippen LogP contribution in [0.2, 0.25) is 0 Å². The van der Waals surface area contributed by atoms with Crippen LogP contribution in [0.4, 0.5) is 0 Å². The Morgan fingerprint density at radius 1 is 1.42 bits per heavy atom. The van der Waals surface area contributed by atoms with Gasteiger partial charge >= 0.3 is 15.3 Å². The molecule has 12 heavy (non-hydrogen) atoms. The highest BCUT2D eigenvalue weighted by Gasteiger charge is 2.03. The van der Waals surface area contributed by atoms with Crippen molar-refractivity contribution in [3.05, 3.63) is 0 Å². The van der Waals surface area contributed by atoms with Crippen molar-refractivity contribution >= 4 is 26.0 Å². The van der Waals surface area contributed by atoms with E-state index in [0.29, 0.717) is 6.42 Å². The fraction of sp³-hybridized carbons (Fsp3) is 0.800. The van der Waals surface area contributed by atoms with Crippen LogP contribution in [-0.2, 0) is 23.0 Å². The number of carbonyl (C=O) groups is 1. The van der Waals surface area contributed by atoms with E-state index in [1.807, 2.05) is 0 Å². The lowest BCUT2D eigenvalue weighted by Crippen LogP contribution is -2.05. The molecule has 0 unspecified atom stereocenters. The lowest BCUT2D eigenvalue weighted by atomic mass is 10.5. The van der Waals surface area contributed by atoms with Crippen LogP contribution in [0.1, 0.15) is 13.3 Å². The minimum absolute atomic E-state index is 0.0842. The average molecular weight is 217 g/mol. The zero-order chi connectivity index (χ0) is 9.61. The van der Waals surface area contributed by atoms with E-state index in [9.17, 15) is 13.2 Å². The van der Waals surface area contributed by atoms with Gasteiger partial charge in [0.1, 0.15) is 0 Å². The molecule has 0 N–H and O–H groups in total. The standard InChI is InChI=1S/C5H9ClO5S/c1-5(7)10-3-2-4-11-12(6,8)9/h2-4H2,1H3. The first kappa shape index (κ1) is 11.7. The van der Waals surface area contributed by atoms with E-state index in [2.05, 4.69) is 8.92 Å². The van der Waals surface area contributed by atoms with Crippen LogP contribution in [0.25, 0.3) is 0 Å². The smallest absolute Gasteiger partial charge is 0.355 e. The van der Waals surface area contributed by atoms with Crippen molar-refractivity contribution < 1.29 is 22.1 Å². The van der Waals surface area contributed by atoms with Gasteiger partial charge in [-0.15, -0.1) is 0 Å². The summed E-state index contributed by atoms with van der Waals surface area (Å²) in [6, 6.07) is 0. The van der Waals surface area contributed by atoms with E-state index in [-0.39, 0.29) is 13.2 Å².